The van der Waals surface area contributed by atoms with E-state index in [0.717, 1.165) is 16.0 Å². The van der Waals surface area contributed by atoms with E-state index in [-0.39, 0.29) is 4.90 Å². The lowest BCUT2D eigenvalue weighted by atomic mass is 10.2. The maximum absolute atomic E-state index is 12.9. The van der Waals surface area contributed by atoms with E-state index < -0.39 is 15.9 Å². The van der Waals surface area contributed by atoms with Crippen molar-refractivity contribution in [3.05, 3.63) is 52.8 Å². The van der Waals surface area contributed by atoms with Crippen LogP contribution in [-0.4, -0.2) is 57.1 Å². The van der Waals surface area contributed by atoms with Crippen LogP contribution < -0.4 is 9.54 Å². The van der Waals surface area contributed by atoms with E-state index in [1.165, 1.54) is 39.9 Å². The highest BCUT2D eigenvalue weighted by Crippen LogP contribution is 2.23. The van der Waals surface area contributed by atoms with Gasteiger partial charge in [0.15, 0.2) is 4.80 Å². The molecule has 0 N–H and O–H groups in total. The van der Waals surface area contributed by atoms with Gasteiger partial charge in [-0.2, -0.15) is 9.30 Å². The molecule has 32 heavy (non-hydrogen) atoms. The molecule has 0 radical (unpaired) electrons. The Kier molecular flexibility index (Phi) is 7.83. The normalized spacial score (nSPS) is 12.6. The summed E-state index contributed by atoms with van der Waals surface area (Å²) in [5, 5.41) is 0. The van der Waals surface area contributed by atoms with Gasteiger partial charge in [0.2, 0.25) is 10.0 Å². The number of carbonyl (C=O) groups is 1. The number of nitrogens with zero attached hydrogens (tertiary/aromatic N) is 3. The Bertz CT molecular complexity index is 1260. The summed E-state index contributed by atoms with van der Waals surface area (Å²) in [5.74, 6) is 0.280. The molecular formula is C22H27N3O5S2. The molecule has 1 aromatic heterocycles. The summed E-state index contributed by atoms with van der Waals surface area (Å²) < 4.78 is 40.1. The first kappa shape index (κ1) is 24.1. The van der Waals surface area contributed by atoms with E-state index in [1.54, 1.807) is 28.1 Å². The van der Waals surface area contributed by atoms with Crippen molar-refractivity contribution in [1.82, 2.24) is 8.87 Å². The Morgan fingerprint density at radius 1 is 1.09 bits per heavy atom. The van der Waals surface area contributed by atoms with Gasteiger partial charge in [-0.25, -0.2) is 8.42 Å². The average molecular weight is 478 g/mol. The van der Waals surface area contributed by atoms with Crippen LogP contribution in [0.5, 0.6) is 5.75 Å². The number of fused-ring (bicyclic) bond motifs is 1. The maximum atomic E-state index is 12.9. The molecule has 0 unspecified atom stereocenters. The van der Waals surface area contributed by atoms with Gasteiger partial charge >= 0.3 is 0 Å². The third-order valence-electron chi connectivity index (χ3n) is 5.05. The maximum Gasteiger partial charge on any atom is 0.279 e. The minimum atomic E-state index is -3.58. The molecule has 0 aliphatic heterocycles. The molecule has 0 saturated heterocycles. The van der Waals surface area contributed by atoms with Crippen LogP contribution in [0.2, 0.25) is 0 Å². The minimum Gasteiger partial charge on any atom is -0.497 e. The zero-order chi connectivity index (χ0) is 23.3. The van der Waals surface area contributed by atoms with E-state index in [2.05, 4.69) is 4.99 Å². The number of methoxy groups -OCH3 is 2. The predicted octanol–water partition coefficient (Wildman–Crippen LogP) is 3.13. The van der Waals surface area contributed by atoms with Gasteiger partial charge in [-0.3, -0.25) is 4.79 Å². The van der Waals surface area contributed by atoms with E-state index in [9.17, 15) is 13.2 Å². The Morgan fingerprint density at radius 2 is 1.78 bits per heavy atom. The van der Waals surface area contributed by atoms with Crippen molar-refractivity contribution in [2.24, 2.45) is 4.99 Å². The zero-order valence-corrected chi connectivity index (χ0v) is 20.2. The van der Waals surface area contributed by atoms with Crippen molar-refractivity contribution < 1.29 is 22.7 Å². The second-order valence-electron chi connectivity index (χ2n) is 6.89. The largest absolute Gasteiger partial charge is 0.497 e. The highest BCUT2D eigenvalue weighted by atomic mass is 32.2. The van der Waals surface area contributed by atoms with Gasteiger partial charge in [-0.05, 0) is 42.5 Å². The number of amides is 1. The second-order valence-corrected chi connectivity index (χ2v) is 9.84. The van der Waals surface area contributed by atoms with E-state index in [1.807, 2.05) is 22.8 Å². The molecule has 1 amide bonds. The number of hydrogen-bond donors (Lipinski definition) is 0. The van der Waals surface area contributed by atoms with Crippen molar-refractivity contribution in [2.75, 3.05) is 33.9 Å². The van der Waals surface area contributed by atoms with Crippen molar-refractivity contribution >= 4 is 37.5 Å². The standard InChI is InChI=1S/C22H27N3O5S2/c1-5-24(6-2)32(27,28)18-10-7-16(8-11-18)21(26)23-22-25(13-14-29-3)19-12-9-17(30-4)15-20(19)31-22/h7-12,15H,5-6,13-14H2,1-4H3. The van der Waals surface area contributed by atoms with Gasteiger partial charge in [0.25, 0.3) is 5.91 Å². The molecule has 3 aromatic rings. The molecule has 172 valence electrons. The lowest BCUT2D eigenvalue weighted by Crippen LogP contribution is -2.30. The molecule has 0 bridgehead atoms. The van der Waals surface area contributed by atoms with E-state index >= 15 is 0 Å². The zero-order valence-electron chi connectivity index (χ0n) is 18.6. The topological polar surface area (TPSA) is 90.2 Å². The number of carbonyl (C=O) groups excluding carboxylic acids is 1. The number of sulfonamides is 1. The predicted molar refractivity (Wildman–Crippen MR) is 125 cm³/mol. The van der Waals surface area contributed by atoms with Gasteiger partial charge in [-0.15, -0.1) is 0 Å². The third kappa shape index (κ3) is 4.93. The fourth-order valence-electron chi connectivity index (χ4n) is 3.30. The summed E-state index contributed by atoms with van der Waals surface area (Å²) in [4.78, 5) is 17.9. The Morgan fingerprint density at radius 3 is 2.38 bits per heavy atom. The minimum absolute atomic E-state index is 0.155. The first-order valence-electron chi connectivity index (χ1n) is 10.2. The Balaban J connectivity index is 1.98. The molecule has 2 aromatic carbocycles. The highest BCUT2D eigenvalue weighted by Gasteiger charge is 2.21. The average Bonchev–Trinajstić information content (AvgIpc) is 3.14. The molecule has 0 saturated carbocycles. The second kappa shape index (κ2) is 10.4. The number of benzene rings is 2. The summed E-state index contributed by atoms with van der Waals surface area (Å²) >= 11 is 1.38. The Labute approximate surface area is 191 Å². The van der Waals surface area contributed by atoms with Gasteiger partial charge < -0.3 is 14.0 Å². The van der Waals surface area contributed by atoms with E-state index in [4.69, 9.17) is 9.47 Å². The molecule has 0 aliphatic carbocycles. The van der Waals surface area contributed by atoms with Crippen LogP contribution >= 0.6 is 11.3 Å². The Hall–Kier alpha value is -2.53. The summed E-state index contributed by atoms with van der Waals surface area (Å²) in [5.41, 5.74) is 1.25. The molecule has 0 spiro atoms. The van der Waals surface area contributed by atoms with Crippen LogP contribution in [0.25, 0.3) is 10.2 Å². The molecule has 3 rings (SSSR count). The number of ether oxygens (including phenoxy) is 2. The van der Waals surface area contributed by atoms with Crippen LogP contribution in [0.1, 0.15) is 24.2 Å². The number of thiazole rings is 1. The molecule has 0 aliphatic rings. The lowest BCUT2D eigenvalue weighted by Gasteiger charge is -2.18. The van der Waals surface area contributed by atoms with Gasteiger partial charge in [-0.1, -0.05) is 25.2 Å². The van der Waals surface area contributed by atoms with Gasteiger partial charge in [0.05, 0.1) is 28.8 Å². The lowest BCUT2D eigenvalue weighted by molar-refractivity contribution is 0.0997. The molecule has 10 heteroatoms. The fraction of sp³-hybridized carbons (Fsp3) is 0.364. The summed E-state index contributed by atoms with van der Waals surface area (Å²) in [6.45, 7) is 5.35. The summed E-state index contributed by atoms with van der Waals surface area (Å²) in [6, 6.07) is 11.6. The van der Waals surface area contributed by atoms with Crippen LogP contribution in [0, 0.1) is 0 Å². The van der Waals surface area contributed by atoms with Crippen LogP contribution in [0.3, 0.4) is 0 Å². The smallest absolute Gasteiger partial charge is 0.279 e. The van der Waals surface area contributed by atoms with Crippen LogP contribution in [0.4, 0.5) is 0 Å². The molecule has 0 atom stereocenters. The van der Waals surface area contributed by atoms with Crippen LogP contribution in [-0.2, 0) is 21.3 Å². The highest BCUT2D eigenvalue weighted by molar-refractivity contribution is 7.89. The molecule has 8 nitrogen and oxygen atoms in total. The third-order valence-corrected chi connectivity index (χ3v) is 8.16. The van der Waals surface area contributed by atoms with Crippen molar-refractivity contribution in [3.63, 3.8) is 0 Å². The molecular weight excluding hydrogens is 450 g/mol. The summed E-state index contributed by atoms with van der Waals surface area (Å²) in [7, 11) is -0.357. The van der Waals surface area contributed by atoms with Gasteiger partial charge in [0.1, 0.15) is 5.75 Å². The van der Waals surface area contributed by atoms with Crippen molar-refractivity contribution in [2.45, 2.75) is 25.3 Å². The quantitative estimate of drug-likeness (QED) is 0.472. The fourth-order valence-corrected chi connectivity index (χ4v) is 5.84. The summed E-state index contributed by atoms with van der Waals surface area (Å²) in [6.07, 6.45) is 0. The number of aromatic nitrogens is 1. The number of rotatable bonds is 9. The first-order chi connectivity index (χ1) is 15.3. The number of hydrogen-bond acceptors (Lipinski definition) is 6. The van der Waals surface area contributed by atoms with E-state index in [0.29, 0.717) is 36.6 Å². The van der Waals surface area contributed by atoms with Crippen LogP contribution in [0.15, 0.2) is 52.4 Å². The van der Waals surface area contributed by atoms with Crippen molar-refractivity contribution in [1.29, 1.82) is 0 Å². The molecule has 0 fully saturated rings. The van der Waals surface area contributed by atoms with Gasteiger partial charge in [0, 0.05) is 32.3 Å². The van der Waals surface area contributed by atoms with Crippen molar-refractivity contribution in [3.8, 4) is 5.75 Å². The SMILES string of the molecule is CCN(CC)S(=O)(=O)c1ccc(C(=O)N=c2sc3cc(OC)ccc3n2CCOC)cc1. The monoisotopic (exact) mass is 477 g/mol. The first-order valence-corrected chi connectivity index (χ1v) is 12.5. The molecule has 1 heterocycles.